The number of carbonyl (C=O) groups excluding carboxylic acids is 1. The van der Waals surface area contributed by atoms with E-state index in [-0.39, 0.29) is 0 Å². The number of ether oxygens (including phenoxy) is 1. The summed E-state index contributed by atoms with van der Waals surface area (Å²) in [6.45, 7) is 7.42. The maximum absolute atomic E-state index is 13.1. The molecule has 2 heterocycles. The third-order valence-electron chi connectivity index (χ3n) is 5.84. The van der Waals surface area contributed by atoms with Gasteiger partial charge in [-0.3, -0.25) is 0 Å². The number of hydrogen-bond acceptors (Lipinski definition) is 5. The molecule has 35 heavy (non-hydrogen) atoms. The fourth-order valence-corrected chi connectivity index (χ4v) is 5.69. The zero-order chi connectivity index (χ0) is 25.2. The number of fused-ring (bicyclic) bond motifs is 1. The second-order valence-electron chi connectivity index (χ2n) is 9.79. The number of benzene rings is 2. The first-order valence-electron chi connectivity index (χ1n) is 11.7. The number of anilines is 1. The molecule has 0 spiro atoms. The average Bonchev–Trinajstić information content (AvgIpc) is 3.29. The lowest BCUT2D eigenvalue weighted by molar-refractivity contribution is 0.0528. The van der Waals surface area contributed by atoms with Gasteiger partial charge in [-0.05, 0) is 68.1 Å². The summed E-state index contributed by atoms with van der Waals surface area (Å²) in [5.74, 6) is 0. The van der Waals surface area contributed by atoms with Gasteiger partial charge in [-0.15, -0.1) is 0 Å². The van der Waals surface area contributed by atoms with Gasteiger partial charge < -0.3 is 20.8 Å². The normalized spacial score (nSPS) is 16.5. The Morgan fingerprint density at radius 1 is 1.06 bits per heavy atom. The number of nitrogens with one attached hydrogen (secondary N) is 2. The molecule has 0 aliphatic carbocycles. The van der Waals surface area contributed by atoms with E-state index in [0.29, 0.717) is 44.8 Å². The molecule has 1 aliphatic rings. The maximum atomic E-state index is 13.1. The first-order chi connectivity index (χ1) is 16.5. The highest BCUT2D eigenvalue weighted by molar-refractivity contribution is 7.86. The fourth-order valence-electron chi connectivity index (χ4n) is 4.11. The van der Waals surface area contributed by atoms with Crippen molar-refractivity contribution in [2.45, 2.75) is 45.9 Å². The van der Waals surface area contributed by atoms with Crippen LogP contribution in [0.5, 0.6) is 0 Å². The average molecular weight is 500 g/mol. The van der Waals surface area contributed by atoms with Crippen LogP contribution in [0.2, 0.25) is 0 Å². The van der Waals surface area contributed by atoms with Crippen LogP contribution in [0.3, 0.4) is 0 Å². The number of aromatic amines is 1. The van der Waals surface area contributed by atoms with Crippen LogP contribution >= 0.6 is 0 Å². The van der Waals surface area contributed by atoms with Gasteiger partial charge in [0.2, 0.25) is 0 Å². The molecular weight excluding hydrogens is 466 g/mol. The van der Waals surface area contributed by atoms with Crippen molar-refractivity contribution in [2.24, 2.45) is 0 Å². The number of rotatable bonds is 7. The Hall–Kier alpha value is -3.08. The smallest absolute Gasteiger partial charge is 0.407 e. The number of aromatic nitrogens is 1. The number of H-pyrrole nitrogens is 1. The third kappa shape index (κ3) is 6.14. The van der Waals surface area contributed by atoms with E-state index in [1.165, 1.54) is 8.61 Å². The molecule has 0 atom stereocenters. The van der Waals surface area contributed by atoms with E-state index in [9.17, 15) is 13.2 Å². The predicted molar refractivity (Wildman–Crippen MR) is 137 cm³/mol. The number of carbonyl (C=O) groups is 1. The van der Waals surface area contributed by atoms with Gasteiger partial charge in [0.05, 0.1) is 0 Å². The minimum atomic E-state index is -3.56. The lowest BCUT2D eigenvalue weighted by Crippen LogP contribution is -2.33. The second-order valence-corrected chi connectivity index (χ2v) is 11.7. The summed E-state index contributed by atoms with van der Waals surface area (Å²) in [6, 6.07) is 13.2. The maximum Gasteiger partial charge on any atom is 0.407 e. The molecule has 4 rings (SSSR count). The monoisotopic (exact) mass is 499 g/mol. The summed E-state index contributed by atoms with van der Waals surface area (Å²) >= 11 is 0. The van der Waals surface area contributed by atoms with E-state index in [2.05, 4.69) is 10.3 Å². The number of nitrogens with zero attached hydrogens (tertiary/aromatic N) is 2. The largest absolute Gasteiger partial charge is 0.444 e. The van der Waals surface area contributed by atoms with Crippen LogP contribution in [0.25, 0.3) is 10.9 Å². The molecule has 1 fully saturated rings. The summed E-state index contributed by atoms with van der Waals surface area (Å²) in [7, 11) is -3.56. The molecule has 9 nitrogen and oxygen atoms in total. The van der Waals surface area contributed by atoms with Gasteiger partial charge in [0.1, 0.15) is 5.60 Å². The molecule has 2 aromatic carbocycles. The summed E-state index contributed by atoms with van der Waals surface area (Å²) in [4.78, 5) is 15.1. The Labute approximate surface area is 206 Å². The Bertz CT molecular complexity index is 1300. The number of nitrogen functional groups attached to an aromatic ring is 1. The summed E-state index contributed by atoms with van der Waals surface area (Å²) in [6.07, 6.45) is 2.10. The molecule has 3 aromatic rings. The Morgan fingerprint density at radius 3 is 2.34 bits per heavy atom. The highest BCUT2D eigenvalue weighted by atomic mass is 32.2. The summed E-state index contributed by atoms with van der Waals surface area (Å²) in [5, 5.41) is 3.80. The molecule has 0 bridgehead atoms. The van der Waals surface area contributed by atoms with Crippen LogP contribution in [-0.2, 0) is 34.5 Å². The van der Waals surface area contributed by atoms with Crippen molar-refractivity contribution in [3.05, 3.63) is 65.4 Å². The van der Waals surface area contributed by atoms with E-state index >= 15 is 0 Å². The lowest BCUT2D eigenvalue weighted by atomic mass is 10.1. The van der Waals surface area contributed by atoms with Gasteiger partial charge in [0.15, 0.2) is 0 Å². The van der Waals surface area contributed by atoms with Crippen molar-refractivity contribution < 1.29 is 17.9 Å². The third-order valence-corrected chi connectivity index (χ3v) is 7.77. The molecule has 1 saturated heterocycles. The zero-order valence-corrected chi connectivity index (χ0v) is 21.2. The number of amides is 1. The molecular formula is C25H33N5O4S. The van der Waals surface area contributed by atoms with Crippen LogP contribution in [0.1, 0.15) is 37.5 Å². The van der Waals surface area contributed by atoms with Gasteiger partial charge >= 0.3 is 6.09 Å². The molecule has 1 amide bonds. The molecule has 188 valence electrons. The van der Waals surface area contributed by atoms with Gasteiger partial charge in [-0.2, -0.15) is 17.0 Å². The minimum absolute atomic E-state index is 0.303. The zero-order valence-electron chi connectivity index (χ0n) is 20.4. The van der Waals surface area contributed by atoms with Crippen LogP contribution in [-0.4, -0.2) is 53.3 Å². The minimum Gasteiger partial charge on any atom is -0.444 e. The Balaban J connectivity index is 1.40. The van der Waals surface area contributed by atoms with E-state index in [1.54, 1.807) is 12.1 Å². The van der Waals surface area contributed by atoms with Crippen molar-refractivity contribution in [3.8, 4) is 0 Å². The van der Waals surface area contributed by atoms with E-state index in [0.717, 1.165) is 27.6 Å². The number of alkyl carbamates (subject to hydrolysis) is 1. The molecule has 0 radical (unpaired) electrons. The van der Waals surface area contributed by atoms with Crippen LogP contribution < -0.4 is 11.1 Å². The van der Waals surface area contributed by atoms with Crippen molar-refractivity contribution in [1.82, 2.24) is 18.9 Å². The highest BCUT2D eigenvalue weighted by Crippen LogP contribution is 2.25. The van der Waals surface area contributed by atoms with Gasteiger partial charge in [0, 0.05) is 55.5 Å². The molecule has 4 N–H and O–H groups in total. The van der Waals surface area contributed by atoms with E-state index in [1.807, 2.05) is 57.3 Å². The number of hydrogen-bond donors (Lipinski definition) is 3. The van der Waals surface area contributed by atoms with Crippen LogP contribution in [0.4, 0.5) is 10.5 Å². The van der Waals surface area contributed by atoms with E-state index < -0.39 is 21.9 Å². The van der Waals surface area contributed by atoms with Crippen LogP contribution in [0, 0.1) is 0 Å². The first-order valence-corrected chi connectivity index (χ1v) is 13.1. The highest BCUT2D eigenvalue weighted by Gasteiger charge is 2.36. The van der Waals surface area contributed by atoms with Gasteiger partial charge in [-0.1, -0.05) is 18.2 Å². The van der Waals surface area contributed by atoms with Crippen molar-refractivity contribution >= 4 is 32.9 Å². The number of nitrogens with two attached hydrogens (primary N) is 1. The lowest BCUT2D eigenvalue weighted by Gasteiger charge is -2.19. The molecule has 1 aromatic heterocycles. The SMILES string of the molecule is CC(C)(C)OC(=O)NCCc1c[nH]c2ccc(CN3CCN(Cc4ccc(N)cc4)S3(=O)=O)cc12. The van der Waals surface area contributed by atoms with E-state index in [4.69, 9.17) is 10.5 Å². The molecule has 1 aliphatic heterocycles. The quantitative estimate of drug-likeness (QED) is 0.431. The predicted octanol–water partition coefficient (Wildman–Crippen LogP) is 3.38. The summed E-state index contributed by atoms with van der Waals surface area (Å²) < 4.78 is 34.5. The molecule has 0 saturated carbocycles. The van der Waals surface area contributed by atoms with Gasteiger partial charge in [0.25, 0.3) is 10.2 Å². The Morgan fingerprint density at radius 2 is 1.69 bits per heavy atom. The topological polar surface area (TPSA) is 121 Å². The standard InChI is InChI=1S/C25H33N5O4S/c1-25(2,3)34-24(31)27-11-10-20-15-28-23-9-6-19(14-22(20)23)17-30-13-12-29(35(30,32)33)16-18-4-7-21(26)8-5-18/h4-9,14-15,28H,10-13,16-17,26H2,1-3H3,(H,27,31). The van der Waals surface area contributed by atoms with Crippen molar-refractivity contribution in [1.29, 1.82) is 0 Å². The summed E-state index contributed by atoms with van der Waals surface area (Å²) in [5.41, 5.74) is 9.68. The van der Waals surface area contributed by atoms with Crippen molar-refractivity contribution in [2.75, 3.05) is 25.4 Å². The first kappa shape index (κ1) is 25.0. The van der Waals surface area contributed by atoms with Crippen molar-refractivity contribution in [3.63, 3.8) is 0 Å². The second kappa shape index (κ2) is 9.88. The van der Waals surface area contributed by atoms with Crippen LogP contribution in [0.15, 0.2) is 48.7 Å². The molecule has 0 unspecified atom stereocenters. The Kier molecular flexibility index (Phi) is 7.07. The van der Waals surface area contributed by atoms with Gasteiger partial charge in [-0.25, -0.2) is 4.79 Å². The molecule has 10 heteroatoms. The fraction of sp³-hybridized carbons (Fsp3) is 0.400.